The van der Waals surface area contributed by atoms with Crippen LogP contribution in [0, 0.1) is 11.7 Å². The fourth-order valence-electron chi connectivity index (χ4n) is 7.71. The molecule has 0 radical (unpaired) electrons. The fourth-order valence-corrected chi connectivity index (χ4v) is 9.63. The average molecular weight is 720 g/mol. The van der Waals surface area contributed by atoms with Crippen LogP contribution in [0.2, 0.25) is 5.02 Å². The van der Waals surface area contributed by atoms with E-state index < -0.39 is 33.6 Å². The van der Waals surface area contributed by atoms with Crippen molar-refractivity contribution in [3.8, 4) is 0 Å². The van der Waals surface area contributed by atoms with Crippen LogP contribution in [-0.2, 0) is 30.7 Å². The molecule has 0 spiro atoms. The molecule has 9 nitrogen and oxygen atoms in total. The van der Waals surface area contributed by atoms with Crippen LogP contribution in [0.25, 0.3) is 0 Å². The van der Waals surface area contributed by atoms with Gasteiger partial charge in [0.2, 0.25) is 15.9 Å². The highest BCUT2D eigenvalue weighted by Gasteiger charge is 2.44. The maximum absolute atomic E-state index is 15.5. The van der Waals surface area contributed by atoms with Crippen molar-refractivity contribution in [1.29, 1.82) is 0 Å². The monoisotopic (exact) mass is 719 g/mol. The average Bonchev–Trinajstić information content (AvgIpc) is 3.16. The first-order valence-corrected chi connectivity index (χ1v) is 19.7. The molecular formula is C37H51ClFN3O6S. The van der Waals surface area contributed by atoms with Crippen molar-refractivity contribution in [2.45, 2.75) is 115 Å². The largest absolute Gasteiger partial charge is 0.444 e. The summed E-state index contributed by atoms with van der Waals surface area (Å²) in [5, 5.41) is 3.63. The highest BCUT2D eigenvalue weighted by Crippen LogP contribution is 2.40. The molecule has 270 valence electrons. The number of carbonyl (C=O) groups is 2. The summed E-state index contributed by atoms with van der Waals surface area (Å²) in [5.41, 5.74) is 1.03. The first-order chi connectivity index (χ1) is 23.2. The van der Waals surface area contributed by atoms with E-state index in [2.05, 4.69) is 5.32 Å². The lowest BCUT2D eigenvalue weighted by Crippen LogP contribution is -2.60. The Bertz CT molecular complexity index is 1560. The van der Waals surface area contributed by atoms with Gasteiger partial charge < -0.3 is 19.7 Å². The summed E-state index contributed by atoms with van der Waals surface area (Å²) in [6.45, 7) is 8.44. The Kier molecular flexibility index (Phi) is 12.3. The quantitative estimate of drug-likeness (QED) is 0.272. The Hall–Kier alpha value is -2.73. The maximum Gasteiger partial charge on any atom is 0.410 e. The Morgan fingerprint density at radius 3 is 2.43 bits per heavy atom. The minimum Gasteiger partial charge on any atom is -0.444 e. The van der Waals surface area contributed by atoms with E-state index >= 15 is 4.39 Å². The number of rotatable bonds is 10. The predicted molar refractivity (Wildman–Crippen MR) is 190 cm³/mol. The molecule has 12 heteroatoms. The van der Waals surface area contributed by atoms with Gasteiger partial charge in [0.1, 0.15) is 11.4 Å². The summed E-state index contributed by atoms with van der Waals surface area (Å²) in [5.74, 6) is -0.443. The van der Waals surface area contributed by atoms with E-state index in [4.69, 9.17) is 21.1 Å². The molecule has 2 aliphatic heterocycles. The van der Waals surface area contributed by atoms with Gasteiger partial charge in [-0.2, -0.15) is 4.31 Å². The van der Waals surface area contributed by atoms with Crippen LogP contribution < -0.4 is 5.32 Å². The van der Waals surface area contributed by atoms with Crippen molar-refractivity contribution < 1.29 is 31.9 Å². The molecule has 0 aromatic heterocycles. The van der Waals surface area contributed by atoms with Gasteiger partial charge in [-0.1, -0.05) is 29.8 Å². The lowest BCUT2D eigenvalue weighted by atomic mass is 9.74. The zero-order valence-corrected chi connectivity index (χ0v) is 30.7. The van der Waals surface area contributed by atoms with E-state index in [-0.39, 0.29) is 68.0 Å². The van der Waals surface area contributed by atoms with Crippen molar-refractivity contribution in [1.82, 2.24) is 9.21 Å². The number of fused-ring (bicyclic) bond motifs is 2. The number of sulfonamides is 1. The third-order valence-electron chi connectivity index (χ3n) is 10.1. The first-order valence-electron chi connectivity index (χ1n) is 17.7. The second kappa shape index (κ2) is 16.1. The van der Waals surface area contributed by atoms with Crippen molar-refractivity contribution in [3.05, 3.63) is 64.4 Å². The third kappa shape index (κ3) is 9.74. The van der Waals surface area contributed by atoms with Crippen LogP contribution in [0.4, 0.5) is 14.9 Å². The lowest BCUT2D eigenvalue weighted by Gasteiger charge is -2.44. The minimum atomic E-state index is -3.55. The summed E-state index contributed by atoms with van der Waals surface area (Å²) < 4.78 is 55.1. The zero-order valence-electron chi connectivity index (χ0n) is 29.1. The lowest BCUT2D eigenvalue weighted by molar-refractivity contribution is -0.117. The summed E-state index contributed by atoms with van der Waals surface area (Å²) in [6, 6.07) is 11.4. The minimum absolute atomic E-state index is 0.00519. The summed E-state index contributed by atoms with van der Waals surface area (Å²) in [4.78, 5) is 28.6. The zero-order chi connectivity index (χ0) is 35.3. The Balaban J connectivity index is 1.32. The molecule has 2 aromatic carbocycles. The molecule has 5 rings (SSSR count). The molecule has 49 heavy (non-hydrogen) atoms. The number of carbonyl (C=O) groups excluding carboxylic acids is 2. The number of hydrogen-bond acceptors (Lipinski definition) is 6. The molecule has 2 aromatic rings. The van der Waals surface area contributed by atoms with Crippen LogP contribution in [0.1, 0.15) is 96.1 Å². The first kappa shape index (κ1) is 37.5. The molecule has 2 amide bonds. The molecule has 3 fully saturated rings. The number of halogens is 2. The number of piperazine rings is 1. The highest BCUT2D eigenvalue weighted by atomic mass is 35.5. The van der Waals surface area contributed by atoms with Crippen LogP contribution >= 0.6 is 11.6 Å². The smallest absolute Gasteiger partial charge is 0.410 e. The predicted octanol–water partition coefficient (Wildman–Crippen LogP) is 7.53. The van der Waals surface area contributed by atoms with Gasteiger partial charge in [0.25, 0.3) is 0 Å². The van der Waals surface area contributed by atoms with Gasteiger partial charge in [0, 0.05) is 54.5 Å². The number of amides is 2. The van der Waals surface area contributed by atoms with E-state index in [1.54, 1.807) is 37.8 Å². The van der Waals surface area contributed by atoms with Crippen LogP contribution in [0.3, 0.4) is 0 Å². The van der Waals surface area contributed by atoms with Gasteiger partial charge in [-0.25, -0.2) is 17.6 Å². The molecule has 1 saturated carbocycles. The van der Waals surface area contributed by atoms with Gasteiger partial charge in [0.15, 0.2) is 0 Å². The molecule has 2 heterocycles. The van der Waals surface area contributed by atoms with Crippen molar-refractivity contribution in [2.24, 2.45) is 5.92 Å². The number of ether oxygens (including phenoxy) is 2. The second-order valence-corrected chi connectivity index (χ2v) is 17.2. The molecule has 2 unspecified atom stereocenters. The summed E-state index contributed by atoms with van der Waals surface area (Å²) in [6.07, 6.45) is 5.23. The second-order valence-electron chi connectivity index (χ2n) is 14.7. The van der Waals surface area contributed by atoms with Crippen LogP contribution in [0.5, 0.6) is 0 Å². The number of anilines is 1. The van der Waals surface area contributed by atoms with Gasteiger partial charge in [0.05, 0.1) is 11.9 Å². The number of hydrogen-bond donors (Lipinski definition) is 1. The normalized spacial score (nSPS) is 26.0. The van der Waals surface area contributed by atoms with Crippen molar-refractivity contribution >= 4 is 39.3 Å². The van der Waals surface area contributed by atoms with Crippen molar-refractivity contribution in [3.63, 3.8) is 0 Å². The Labute approximate surface area is 295 Å². The summed E-state index contributed by atoms with van der Waals surface area (Å²) >= 11 is 6.19. The van der Waals surface area contributed by atoms with Gasteiger partial charge >= 0.3 is 6.09 Å². The molecule has 4 atom stereocenters. The van der Waals surface area contributed by atoms with E-state index in [0.29, 0.717) is 35.7 Å². The number of nitrogens with one attached hydrogen (secondary N) is 1. The molecule has 2 bridgehead atoms. The fraction of sp³-hybridized carbons (Fsp3) is 0.622. The maximum atomic E-state index is 15.5. The SMILES string of the molecule is CCOC1CCC([C@@H](CC(=O)Nc2cccc(F)c2CCC2CN(C(=O)OC(C)(C)C)[C@@H]3CCCS(=O)(=O)N2C3)c2ccc(Cl)cc2)CC1. The molecule has 2 saturated heterocycles. The third-order valence-corrected chi connectivity index (χ3v) is 12.3. The number of benzene rings is 2. The Morgan fingerprint density at radius 1 is 1.04 bits per heavy atom. The van der Waals surface area contributed by atoms with E-state index in [0.717, 1.165) is 31.2 Å². The van der Waals surface area contributed by atoms with Crippen LogP contribution in [0.15, 0.2) is 42.5 Å². The van der Waals surface area contributed by atoms with Crippen molar-refractivity contribution in [2.75, 3.05) is 30.8 Å². The Morgan fingerprint density at radius 2 is 1.76 bits per heavy atom. The van der Waals surface area contributed by atoms with Crippen LogP contribution in [-0.4, -0.2) is 78.9 Å². The topological polar surface area (TPSA) is 105 Å². The van der Waals surface area contributed by atoms with Gasteiger partial charge in [-0.3, -0.25) is 4.79 Å². The van der Waals surface area contributed by atoms with Gasteiger partial charge in [-0.15, -0.1) is 0 Å². The van der Waals surface area contributed by atoms with E-state index in [9.17, 15) is 18.0 Å². The molecule has 1 N–H and O–H groups in total. The van der Waals surface area contributed by atoms with E-state index in [1.807, 2.05) is 31.2 Å². The highest BCUT2D eigenvalue weighted by molar-refractivity contribution is 7.89. The van der Waals surface area contributed by atoms with Gasteiger partial charge in [-0.05, 0) is 121 Å². The molecule has 1 aliphatic carbocycles. The standard InChI is InChI=1S/C37H51ClFN3O6S/c1-5-47-30-18-13-26(14-19-30)32(25-11-15-27(38)16-12-25)22-35(43)40-34-10-6-9-33(39)31(34)20-17-29-23-41(36(44)48-37(2,3)4)28-8-7-21-49(45,46)42(29)24-28/h6,9-12,15-16,26,28-30,32H,5,7-8,13-14,17-24H2,1-4H3,(H,40,43)/t26?,28-,29?,30?,32+/m1/s1. The summed E-state index contributed by atoms with van der Waals surface area (Å²) in [7, 11) is -3.55. The molecular weight excluding hydrogens is 669 g/mol. The molecule has 3 aliphatic rings. The van der Waals surface area contributed by atoms with E-state index in [1.165, 1.54) is 10.4 Å². The number of nitrogens with zero attached hydrogens (tertiary/aromatic N) is 2.